The number of methoxy groups -OCH3 is 1. The molecule has 1 fully saturated rings. The Kier molecular flexibility index (Phi) is 5.43. The summed E-state index contributed by atoms with van der Waals surface area (Å²) < 4.78 is 32.6. The van der Waals surface area contributed by atoms with E-state index in [2.05, 4.69) is 10.6 Å². The van der Waals surface area contributed by atoms with Crippen molar-refractivity contribution in [3.8, 4) is 5.75 Å². The molecule has 0 unspecified atom stereocenters. The molecule has 4 rings (SSSR count). The molecule has 2 amide bonds. The minimum Gasteiger partial charge on any atom is -0.491 e. The van der Waals surface area contributed by atoms with Crippen LogP contribution < -0.4 is 20.3 Å². The zero-order valence-corrected chi connectivity index (χ0v) is 16.5. The van der Waals surface area contributed by atoms with Gasteiger partial charge < -0.3 is 25.2 Å². The Morgan fingerprint density at radius 2 is 1.83 bits per heavy atom. The van der Waals surface area contributed by atoms with Crippen LogP contribution in [0.1, 0.15) is 5.56 Å². The topological polar surface area (TPSA) is 73.9 Å². The number of piperazine rings is 1. The van der Waals surface area contributed by atoms with Gasteiger partial charge in [0, 0.05) is 55.4 Å². The van der Waals surface area contributed by atoms with Gasteiger partial charge in [-0.05, 0) is 23.8 Å². The number of hydrogen-bond donors (Lipinski definition) is 2. The highest BCUT2D eigenvalue weighted by molar-refractivity contribution is 5.99. The molecule has 0 atom stereocenters. The monoisotopic (exact) mass is 416 g/mol. The second-order valence-electron chi connectivity index (χ2n) is 7.26. The summed E-state index contributed by atoms with van der Waals surface area (Å²) in [6, 6.07) is 8.00. The smallest absolute Gasteiger partial charge is 0.241 e. The van der Waals surface area contributed by atoms with E-state index < -0.39 is 17.4 Å². The lowest BCUT2D eigenvalue weighted by Gasteiger charge is -2.36. The Balaban J connectivity index is 1.31. The number of fused-ring (bicyclic) bond motifs is 1. The Morgan fingerprint density at radius 3 is 2.50 bits per heavy atom. The first kappa shape index (κ1) is 19.9. The van der Waals surface area contributed by atoms with E-state index in [0.29, 0.717) is 38.3 Å². The van der Waals surface area contributed by atoms with E-state index in [0.717, 1.165) is 16.9 Å². The van der Waals surface area contributed by atoms with Gasteiger partial charge in [-0.2, -0.15) is 0 Å². The number of nitrogens with zero attached hydrogens (tertiary/aromatic N) is 2. The summed E-state index contributed by atoms with van der Waals surface area (Å²) in [6.45, 7) is 2.00. The van der Waals surface area contributed by atoms with Crippen LogP contribution in [0.2, 0.25) is 0 Å². The van der Waals surface area contributed by atoms with Gasteiger partial charge in [0.2, 0.25) is 11.8 Å². The van der Waals surface area contributed by atoms with Crippen molar-refractivity contribution < 1.29 is 23.1 Å². The highest BCUT2D eigenvalue weighted by atomic mass is 19.1. The van der Waals surface area contributed by atoms with E-state index in [-0.39, 0.29) is 18.4 Å². The Bertz CT molecular complexity index is 967. The number of carbonyl (C=O) groups is 2. The Hall–Kier alpha value is -3.36. The van der Waals surface area contributed by atoms with Gasteiger partial charge >= 0.3 is 0 Å². The van der Waals surface area contributed by atoms with Crippen molar-refractivity contribution in [2.24, 2.45) is 0 Å². The largest absolute Gasteiger partial charge is 0.491 e. The minimum absolute atomic E-state index is 0.0345. The lowest BCUT2D eigenvalue weighted by molar-refractivity contribution is -0.129. The molecule has 9 heteroatoms. The van der Waals surface area contributed by atoms with E-state index in [1.807, 2.05) is 23.1 Å². The van der Waals surface area contributed by atoms with E-state index in [1.165, 1.54) is 19.2 Å². The second-order valence-corrected chi connectivity index (χ2v) is 7.26. The maximum atomic E-state index is 14.0. The molecule has 0 aliphatic carbocycles. The van der Waals surface area contributed by atoms with Crippen molar-refractivity contribution in [3.63, 3.8) is 0 Å². The maximum Gasteiger partial charge on any atom is 0.241 e. The lowest BCUT2D eigenvalue weighted by atomic mass is 10.1. The first-order valence-corrected chi connectivity index (χ1v) is 9.67. The van der Waals surface area contributed by atoms with E-state index in [4.69, 9.17) is 4.74 Å². The maximum absolute atomic E-state index is 14.0. The molecular weight excluding hydrogens is 394 g/mol. The standard InChI is InChI=1S/C21H22F2N4O3/c1-30-21-16(22)10-15(11-17(21)23)26-4-6-27(7-5-26)20(29)12-24-14-2-3-18-13(8-14)9-19(28)25-18/h2-3,8,10-11,24H,4-7,9,12H2,1H3,(H,25,28). The molecule has 2 heterocycles. The van der Waals surface area contributed by atoms with Crippen LogP contribution in [0.15, 0.2) is 30.3 Å². The molecule has 158 valence electrons. The molecule has 0 spiro atoms. The molecule has 0 bridgehead atoms. The summed E-state index contributed by atoms with van der Waals surface area (Å²) >= 11 is 0. The number of carbonyl (C=O) groups excluding carboxylic acids is 2. The summed E-state index contributed by atoms with van der Waals surface area (Å²) in [5.41, 5.74) is 2.92. The number of amides is 2. The second kappa shape index (κ2) is 8.17. The summed E-state index contributed by atoms with van der Waals surface area (Å²) in [5, 5.41) is 5.87. The molecule has 30 heavy (non-hydrogen) atoms. The van der Waals surface area contributed by atoms with Gasteiger partial charge in [0.15, 0.2) is 17.4 Å². The van der Waals surface area contributed by atoms with Gasteiger partial charge in [-0.25, -0.2) is 8.78 Å². The summed E-state index contributed by atoms with van der Waals surface area (Å²) in [5.74, 6) is -1.99. The molecule has 2 aliphatic heterocycles. The van der Waals surface area contributed by atoms with Crippen LogP contribution in [-0.2, 0) is 16.0 Å². The molecule has 1 saturated heterocycles. The fraction of sp³-hybridized carbons (Fsp3) is 0.333. The first-order valence-electron chi connectivity index (χ1n) is 9.67. The molecule has 2 N–H and O–H groups in total. The minimum atomic E-state index is -0.749. The van der Waals surface area contributed by atoms with Crippen LogP contribution in [0.5, 0.6) is 5.75 Å². The highest BCUT2D eigenvalue weighted by Gasteiger charge is 2.23. The van der Waals surface area contributed by atoms with E-state index >= 15 is 0 Å². The van der Waals surface area contributed by atoms with Gasteiger partial charge in [-0.1, -0.05) is 0 Å². The van der Waals surface area contributed by atoms with E-state index in [9.17, 15) is 18.4 Å². The van der Waals surface area contributed by atoms with Crippen LogP contribution in [0.4, 0.5) is 25.8 Å². The number of rotatable bonds is 5. The van der Waals surface area contributed by atoms with Crippen molar-refractivity contribution in [1.82, 2.24) is 4.90 Å². The zero-order chi connectivity index (χ0) is 21.3. The highest BCUT2D eigenvalue weighted by Crippen LogP contribution is 2.28. The molecular formula is C21H22F2N4O3. The van der Waals surface area contributed by atoms with Crippen molar-refractivity contribution in [2.45, 2.75) is 6.42 Å². The Morgan fingerprint density at radius 1 is 1.13 bits per heavy atom. The van der Waals surface area contributed by atoms with Gasteiger partial charge in [-0.3, -0.25) is 9.59 Å². The normalized spacial score (nSPS) is 15.6. The average Bonchev–Trinajstić information content (AvgIpc) is 3.11. The first-order chi connectivity index (χ1) is 14.4. The number of benzene rings is 2. The fourth-order valence-electron chi connectivity index (χ4n) is 3.77. The molecule has 0 aromatic heterocycles. The zero-order valence-electron chi connectivity index (χ0n) is 16.5. The third-order valence-corrected chi connectivity index (χ3v) is 5.36. The molecule has 2 aliphatic rings. The summed E-state index contributed by atoms with van der Waals surface area (Å²) in [6.07, 6.45) is 0.341. The molecule has 2 aromatic carbocycles. The third-order valence-electron chi connectivity index (χ3n) is 5.36. The van der Waals surface area contributed by atoms with Gasteiger partial charge in [0.25, 0.3) is 0 Å². The summed E-state index contributed by atoms with van der Waals surface area (Å²) in [4.78, 5) is 27.5. The molecule has 0 saturated carbocycles. The van der Waals surface area contributed by atoms with Crippen LogP contribution in [0, 0.1) is 11.6 Å². The Labute approximate surface area is 172 Å². The van der Waals surface area contributed by atoms with Crippen molar-refractivity contribution >= 4 is 28.9 Å². The number of halogens is 2. The number of ether oxygens (including phenoxy) is 1. The summed E-state index contributed by atoms with van der Waals surface area (Å²) in [7, 11) is 1.22. The lowest BCUT2D eigenvalue weighted by Crippen LogP contribution is -2.50. The van der Waals surface area contributed by atoms with Crippen LogP contribution in [0.25, 0.3) is 0 Å². The number of anilines is 3. The average molecular weight is 416 g/mol. The number of hydrogen-bond acceptors (Lipinski definition) is 5. The quantitative estimate of drug-likeness (QED) is 0.782. The van der Waals surface area contributed by atoms with Gasteiger partial charge in [-0.15, -0.1) is 0 Å². The fourth-order valence-corrected chi connectivity index (χ4v) is 3.77. The van der Waals surface area contributed by atoms with Crippen LogP contribution in [-0.4, -0.2) is 56.5 Å². The predicted octanol–water partition coefficient (Wildman–Crippen LogP) is 2.23. The van der Waals surface area contributed by atoms with Crippen molar-refractivity contribution in [2.75, 3.05) is 55.4 Å². The third kappa shape index (κ3) is 4.00. The molecule has 0 radical (unpaired) electrons. The van der Waals surface area contributed by atoms with E-state index in [1.54, 1.807) is 4.90 Å². The molecule has 7 nitrogen and oxygen atoms in total. The number of nitrogens with one attached hydrogen (secondary N) is 2. The SMILES string of the molecule is COc1c(F)cc(N2CCN(C(=O)CNc3ccc4c(c3)CC(=O)N4)CC2)cc1F. The van der Waals surface area contributed by atoms with Crippen LogP contribution in [0.3, 0.4) is 0 Å². The van der Waals surface area contributed by atoms with Gasteiger partial charge in [0.05, 0.1) is 20.1 Å². The van der Waals surface area contributed by atoms with Crippen molar-refractivity contribution in [1.29, 1.82) is 0 Å². The van der Waals surface area contributed by atoms with Crippen molar-refractivity contribution in [3.05, 3.63) is 47.5 Å². The van der Waals surface area contributed by atoms with Gasteiger partial charge in [0.1, 0.15) is 0 Å². The van der Waals surface area contributed by atoms with Crippen LogP contribution >= 0.6 is 0 Å². The molecule has 2 aromatic rings. The predicted molar refractivity (Wildman–Crippen MR) is 109 cm³/mol.